The SMILES string of the molecule is COc1cccc(N(CC(N)=O)C(C)C)c1[C@H](C)O. The maximum atomic E-state index is 11.2. The van der Waals surface area contributed by atoms with Crippen LogP contribution in [-0.2, 0) is 4.79 Å². The van der Waals surface area contributed by atoms with E-state index in [1.54, 1.807) is 20.1 Å². The number of amides is 1. The van der Waals surface area contributed by atoms with Crippen LogP contribution in [0.2, 0.25) is 0 Å². The Morgan fingerprint density at radius 1 is 1.42 bits per heavy atom. The molecule has 0 heterocycles. The summed E-state index contributed by atoms with van der Waals surface area (Å²) in [6, 6.07) is 5.55. The number of hydrogen-bond acceptors (Lipinski definition) is 4. The van der Waals surface area contributed by atoms with Crippen LogP contribution in [-0.4, -0.2) is 30.7 Å². The summed E-state index contributed by atoms with van der Waals surface area (Å²) in [5.41, 5.74) is 6.72. The Bertz CT molecular complexity index is 444. The third-order valence-electron chi connectivity index (χ3n) is 2.94. The molecule has 0 aliphatic carbocycles. The van der Waals surface area contributed by atoms with Gasteiger partial charge in [-0.15, -0.1) is 0 Å². The molecule has 1 atom stereocenters. The summed E-state index contributed by atoms with van der Waals surface area (Å²) in [7, 11) is 1.55. The Morgan fingerprint density at radius 3 is 2.47 bits per heavy atom. The standard InChI is InChI=1S/C14H22N2O3/c1-9(2)16(8-13(15)18)11-6-5-7-12(19-4)14(11)10(3)17/h5-7,9-10,17H,8H2,1-4H3,(H2,15,18)/t10-/m0/s1. The summed E-state index contributed by atoms with van der Waals surface area (Å²) in [4.78, 5) is 13.1. The number of anilines is 1. The first-order valence-corrected chi connectivity index (χ1v) is 6.28. The fraction of sp³-hybridized carbons (Fsp3) is 0.500. The largest absolute Gasteiger partial charge is 0.496 e. The van der Waals surface area contributed by atoms with Gasteiger partial charge in [0.1, 0.15) is 5.75 Å². The molecular weight excluding hydrogens is 244 g/mol. The average Bonchev–Trinajstić information content (AvgIpc) is 2.34. The summed E-state index contributed by atoms with van der Waals surface area (Å²) >= 11 is 0. The van der Waals surface area contributed by atoms with E-state index in [0.717, 1.165) is 5.69 Å². The Kier molecular flexibility index (Phi) is 5.18. The maximum Gasteiger partial charge on any atom is 0.236 e. The van der Waals surface area contributed by atoms with Crippen molar-refractivity contribution in [3.8, 4) is 5.75 Å². The summed E-state index contributed by atoms with van der Waals surface area (Å²) in [5, 5.41) is 9.96. The van der Waals surface area contributed by atoms with Crippen LogP contribution >= 0.6 is 0 Å². The molecule has 1 rings (SSSR count). The van der Waals surface area contributed by atoms with Gasteiger partial charge in [0.05, 0.1) is 19.8 Å². The molecule has 0 saturated heterocycles. The number of aliphatic hydroxyl groups excluding tert-OH is 1. The number of benzene rings is 1. The molecule has 0 bridgehead atoms. The molecule has 1 aromatic rings. The first-order chi connectivity index (χ1) is 8.88. The molecule has 5 heteroatoms. The minimum absolute atomic E-state index is 0.0807. The molecule has 106 valence electrons. The zero-order chi connectivity index (χ0) is 14.6. The molecule has 0 radical (unpaired) electrons. The van der Waals surface area contributed by atoms with Crippen molar-refractivity contribution in [2.45, 2.75) is 32.9 Å². The number of carbonyl (C=O) groups is 1. The van der Waals surface area contributed by atoms with Gasteiger partial charge in [-0.2, -0.15) is 0 Å². The second kappa shape index (κ2) is 6.43. The highest BCUT2D eigenvalue weighted by Crippen LogP contribution is 2.35. The number of primary amides is 1. The van der Waals surface area contributed by atoms with Crippen LogP contribution in [0.1, 0.15) is 32.4 Å². The van der Waals surface area contributed by atoms with E-state index in [-0.39, 0.29) is 12.6 Å². The molecule has 1 amide bonds. The van der Waals surface area contributed by atoms with Crippen molar-refractivity contribution in [1.29, 1.82) is 0 Å². The van der Waals surface area contributed by atoms with E-state index in [0.29, 0.717) is 11.3 Å². The molecule has 0 spiro atoms. The third-order valence-corrected chi connectivity index (χ3v) is 2.94. The summed E-state index contributed by atoms with van der Waals surface area (Å²) < 4.78 is 5.28. The number of aliphatic hydroxyl groups is 1. The van der Waals surface area contributed by atoms with Crippen molar-refractivity contribution in [2.24, 2.45) is 5.73 Å². The summed E-state index contributed by atoms with van der Waals surface area (Å²) in [5.74, 6) is 0.190. The summed E-state index contributed by atoms with van der Waals surface area (Å²) in [6.07, 6.45) is -0.694. The van der Waals surface area contributed by atoms with Gasteiger partial charge >= 0.3 is 0 Å². The molecule has 19 heavy (non-hydrogen) atoms. The van der Waals surface area contributed by atoms with E-state index in [4.69, 9.17) is 10.5 Å². The Morgan fingerprint density at radius 2 is 2.05 bits per heavy atom. The van der Waals surface area contributed by atoms with Crippen LogP contribution in [0.5, 0.6) is 5.75 Å². The lowest BCUT2D eigenvalue weighted by molar-refractivity contribution is -0.116. The van der Waals surface area contributed by atoms with Crippen LogP contribution in [0.4, 0.5) is 5.69 Å². The molecule has 5 nitrogen and oxygen atoms in total. The second-order valence-corrected chi connectivity index (χ2v) is 4.76. The quantitative estimate of drug-likeness (QED) is 0.817. The fourth-order valence-electron chi connectivity index (χ4n) is 2.09. The predicted molar refractivity (Wildman–Crippen MR) is 75.3 cm³/mol. The van der Waals surface area contributed by atoms with E-state index < -0.39 is 12.0 Å². The lowest BCUT2D eigenvalue weighted by atomic mass is 10.0. The molecule has 0 fully saturated rings. The Balaban J connectivity index is 3.33. The zero-order valence-corrected chi connectivity index (χ0v) is 11.9. The van der Waals surface area contributed by atoms with E-state index in [1.807, 2.05) is 30.9 Å². The third kappa shape index (κ3) is 3.61. The van der Waals surface area contributed by atoms with Gasteiger partial charge < -0.3 is 20.5 Å². The molecule has 0 aliphatic heterocycles. The highest BCUT2D eigenvalue weighted by Gasteiger charge is 2.21. The lowest BCUT2D eigenvalue weighted by Gasteiger charge is -2.31. The molecule has 3 N–H and O–H groups in total. The average molecular weight is 266 g/mol. The van der Waals surface area contributed by atoms with E-state index >= 15 is 0 Å². The number of nitrogens with two attached hydrogens (primary N) is 1. The van der Waals surface area contributed by atoms with E-state index in [1.165, 1.54) is 0 Å². The van der Waals surface area contributed by atoms with Gasteiger partial charge in [0.25, 0.3) is 0 Å². The highest BCUT2D eigenvalue weighted by molar-refractivity contribution is 5.80. The number of rotatable bonds is 6. The summed E-state index contributed by atoms with van der Waals surface area (Å²) in [6.45, 7) is 5.71. The fourth-order valence-corrected chi connectivity index (χ4v) is 2.09. The van der Waals surface area contributed by atoms with Gasteiger partial charge in [-0.05, 0) is 32.9 Å². The van der Waals surface area contributed by atoms with Crippen molar-refractivity contribution in [3.05, 3.63) is 23.8 Å². The molecule has 0 saturated carbocycles. The van der Waals surface area contributed by atoms with Crippen LogP contribution in [0.15, 0.2) is 18.2 Å². The van der Waals surface area contributed by atoms with Crippen LogP contribution in [0, 0.1) is 0 Å². The minimum atomic E-state index is -0.694. The van der Waals surface area contributed by atoms with Gasteiger partial charge in [-0.25, -0.2) is 0 Å². The number of carbonyl (C=O) groups excluding carboxylic acids is 1. The van der Waals surface area contributed by atoms with Crippen molar-refractivity contribution in [1.82, 2.24) is 0 Å². The number of nitrogens with zero attached hydrogens (tertiary/aromatic N) is 1. The first kappa shape index (κ1) is 15.3. The maximum absolute atomic E-state index is 11.2. The number of ether oxygens (including phenoxy) is 1. The molecule has 0 aliphatic rings. The minimum Gasteiger partial charge on any atom is -0.496 e. The zero-order valence-electron chi connectivity index (χ0n) is 11.9. The van der Waals surface area contributed by atoms with Crippen molar-refractivity contribution < 1.29 is 14.6 Å². The smallest absolute Gasteiger partial charge is 0.236 e. The van der Waals surface area contributed by atoms with Gasteiger partial charge in [-0.3, -0.25) is 4.79 Å². The lowest BCUT2D eigenvalue weighted by Crippen LogP contribution is -2.39. The number of hydrogen-bond donors (Lipinski definition) is 2. The first-order valence-electron chi connectivity index (χ1n) is 6.28. The van der Waals surface area contributed by atoms with Crippen LogP contribution in [0.25, 0.3) is 0 Å². The van der Waals surface area contributed by atoms with Crippen LogP contribution in [0.3, 0.4) is 0 Å². The Hall–Kier alpha value is -1.75. The Labute approximate surface area is 114 Å². The van der Waals surface area contributed by atoms with Gasteiger partial charge in [0.15, 0.2) is 0 Å². The normalized spacial score (nSPS) is 12.3. The van der Waals surface area contributed by atoms with Crippen LogP contribution < -0.4 is 15.4 Å². The predicted octanol–water partition coefficient (Wildman–Crippen LogP) is 1.45. The van der Waals surface area contributed by atoms with Crippen molar-refractivity contribution in [2.75, 3.05) is 18.6 Å². The van der Waals surface area contributed by atoms with Crippen molar-refractivity contribution >= 4 is 11.6 Å². The molecular formula is C14H22N2O3. The van der Waals surface area contributed by atoms with Crippen molar-refractivity contribution in [3.63, 3.8) is 0 Å². The second-order valence-electron chi connectivity index (χ2n) is 4.76. The molecule has 0 aromatic heterocycles. The molecule has 0 unspecified atom stereocenters. The number of methoxy groups -OCH3 is 1. The molecule has 1 aromatic carbocycles. The van der Waals surface area contributed by atoms with Gasteiger partial charge in [-0.1, -0.05) is 6.07 Å². The highest BCUT2D eigenvalue weighted by atomic mass is 16.5. The van der Waals surface area contributed by atoms with E-state index in [2.05, 4.69) is 0 Å². The van der Waals surface area contributed by atoms with E-state index in [9.17, 15) is 9.90 Å². The topological polar surface area (TPSA) is 75.8 Å². The van der Waals surface area contributed by atoms with Gasteiger partial charge in [0.2, 0.25) is 5.91 Å². The monoisotopic (exact) mass is 266 g/mol. The van der Waals surface area contributed by atoms with Gasteiger partial charge in [0, 0.05) is 17.3 Å².